The first-order chi connectivity index (χ1) is 7.97. The smallest absolute Gasteiger partial charge is 0.303 e. The summed E-state index contributed by atoms with van der Waals surface area (Å²) in [5.74, 6) is -2.33. The number of nitrogens with two attached hydrogens (primary N) is 1. The highest BCUT2D eigenvalue weighted by atomic mass is 32.2. The predicted molar refractivity (Wildman–Crippen MR) is 61.9 cm³/mol. The molecule has 0 spiro atoms. The second-order valence-electron chi connectivity index (χ2n) is 3.52. The van der Waals surface area contributed by atoms with Crippen LogP contribution in [0.1, 0.15) is 24.4 Å². The molecule has 6 heteroatoms. The van der Waals surface area contributed by atoms with Crippen LogP contribution in [0.15, 0.2) is 17.0 Å². The number of benzene rings is 1. The van der Waals surface area contributed by atoms with Crippen LogP contribution in [0.3, 0.4) is 0 Å². The van der Waals surface area contributed by atoms with Crippen LogP contribution in [0, 0.1) is 11.6 Å². The molecular weight excluding hydrogens is 248 g/mol. The molecule has 0 aromatic heterocycles. The van der Waals surface area contributed by atoms with E-state index < -0.39 is 23.6 Å². The Kier molecular flexibility index (Phi) is 4.89. The second-order valence-corrected chi connectivity index (χ2v) is 4.34. The fraction of sp³-hybridized carbons (Fsp3) is 0.364. The fourth-order valence-electron chi connectivity index (χ4n) is 1.46. The summed E-state index contributed by atoms with van der Waals surface area (Å²) >= 11 is 0.956. The third kappa shape index (κ3) is 3.41. The Morgan fingerprint density at radius 1 is 1.53 bits per heavy atom. The highest BCUT2D eigenvalue weighted by Crippen LogP contribution is 2.29. The summed E-state index contributed by atoms with van der Waals surface area (Å²) in [5.41, 5.74) is 5.83. The van der Waals surface area contributed by atoms with Gasteiger partial charge in [-0.15, -0.1) is 11.8 Å². The lowest BCUT2D eigenvalue weighted by Crippen LogP contribution is -2.14. The largest absolute Gasteiger partial charge is 0.481 e. The Morgan fingerprint density at radius 2 is 2.18 bits per heavy atom. The van der Waals surface area contributed by atoms with E-state index >= 15 is 0 Å². The molecule has 17 heavy (non-hydrogen) atoms. The van der Waals surface area contributed by atoms with Crippen molar-refractivity contribution in [2.45, 2.75) is 23.8 Å². The molecule has 0 saturated carbocycles. The van der Waals surface area contributed by atoms with Crippen molar-refractivity contribution in [2.24, 2.45) is 5.73 Å². The van der Waals surface area contributed by atoms with E-state index in [0.29, 0.717) is 0 Å². The van der Waals surface area contributed by atoms with Crippen molar-refractivity contribution in [3.8, 4) is 0 Å². The van der Waals surface area contributed by atoms with Crippen molar-refractivity contribution in [3.05, 3.63) is 29.3 Å². The van der Waals surface area contributed by atoms with Crippen molar-refractivity contribution in [1.29, 1.82) is 0 Å². The molecule has 0 heterocycles. The van der Waals surface area contributed by atoms with Gasteiger partial charge >= 0.3 is 5.97 Å². The van der Waals surface area contributed by atoms with Crippen molar-refractivity contribution in [1.82, 2.24) is 0 Å². The van der Waals surface area contributed by atoms with Crippen LogP contribution in [-0.4, -0.2) is 17.3 Å². The van der Waals surface area contributed by atoms with E-state index in [-0.39, 0.29) is 23.3 Å². The Bertz CT molecular complexity index is 426. The lowest BCUT2D eigenvalue weighted by Gasteiger charge is -2.14. The minimum Gasteiger partial charge on any atom is -0.481 e. The molecule has 1 atom stereocenters. The van der Waals surface area contributed by atoms with Crippen molar-refractivity contribution in [2.75, 3.05) is 6.26 Å². The number of halogens is 2. The zero-order valence-electron chi connectivity index (χ0n) is 9.24. The summed E-state index contributed by atoms with van der Waals surface area (Å²) in [6.07, 6.45) is 1.53. The van der Waals surface area contributed by atoms with Gasteiger partial charge in [0, 0.05) is 18.0 Å². The lowest BCUT2D eigenvalue weighted by molar-refractivity contribution is -0.137. The van der Waals surface area contributed by atoms with Gasteiger partial charge in [0.2, 0.25) is 0 Å². The summed E-state index contributed by atoms with van der Waals surface area (Å²) in [7, 11) is 0. The molecule has 1 rings (SSSR count). The number of rotatable bonds is 5. The molecular formula is C11H13F2NO2S. The van der Waals surface area contributed by atoms with E-state index in [1.54, 1.807) is 6.26 Å². The van der Waals surface area contributed by atoms with E-state index in [0.717, 1.165) is 17.8 Å². The van der Waals surface area contributed by atoms with E-state index in [1.807, 2.05) is 0 Å². The summed E-state index contributed by atoms with van der Waals surface area (Å²) in [4.78, 5) is 10.3. The first-order valence-electron chi connectivity index (χ1n) is 4.96. The third-order valence-corrected chi connectivity index (χ3v) is 3.13. The zero-order chi connectivity index (χ0) is 13.0. The fourth-order valence-corrected chi connectivity index (χ4v) is 2.02. The van der Waals surface area contributed by atoms with Crippen LogP contribution in [-0.2, 0) is 4.79 Å². The van der Waals surface area contributed by atoms with Crippen molar-refractivity contribution in [3.63, 3.8) is 0 Å². The van der Waals surface area contributed by atoms with Gasteiger partial charge in [-0.1, -0.05) is 6.07 Å². The van der Waals surface area contributed by atoms with Crippen molar-refractivity contribution >= 4 is 17.7 Å². The molecule has 94 valence electrons. The quantitative estimate of drug-likeness (QED) is 0.799. The molecule has 0 fully saturated rings. The highest BCUT2D eigenvalue weighted by Gasteiger charge is 2.18. The lowest BCUT2D eigenvalue weighted by atomic mass is 10.0. The number of carboxylic acids is 1. The standard InChI is InChI=1S/C11H13F2NO2S/c1-17-11-7(12)3-2-6(10(11)13)8(14)4-5-9(15)16/h2-3,8H,4-5,14H2,1H3,(H,15,16). The molecule has 0 aliphatic carbocycles. The topological polar surface area (TPSA) is 63.3 Å². The second kappa shape index (κ2) is 5.97. The Labute approximate surface area is 102 Å². The monoisotopic (exact) mass is 261 g/mol. The maximum atomic E-state index is 13.8. The number of hydrogen-bond donors (Lipinski definition) is 2. The van der Waals surface area contributed by atoms with Crippen LogP contribution >= 0.6 is 11.8 Å². The van der Waals surface area contributed by atoms with Gasteiger partial charge in [0.05, 0.1) is 4.90 Å². The van der Waals surface area contributed by atoms with E-state index in [4.69, 9.17) is 10.8 Å². The van der Waals surface area contributed by atoms with E-state index in [1.165, 1.54) is 6.07 Å². The number of aliphatic carboxylic acids is 1. The summed E-state index contributed by atoms with van der Waals surface area (Å²) in [6, 6.07) is 1.67. The van der Waals surface area contributed by atoms with Gasteiger partial charge in [0.15, 0.2) is 0 Å². The number of carbonyl (C=O) groups is 1. The minimum atomic E-state index is -0.993. The first-order valence-corrected chi connectivity index (χ1v) is 6.19. The van der Waals surface area contributed by atoms with Gasteiger partial charge in [0.1, 0.15) is 11.6 Å². The van der Waals surface area contributed by atoms with Crippen LogP contribution in [0.25, 0.3) is 0 Å². The molecule has 0 aliphatic rings. The Hall–Kier alpha value is -1.14. The van der Waals surface area contributed by atoms with Gasteiger partial charge in [-0.05, 0) is 18.7 Å². The van der Waals surface area contributed by atoms with Gasteiger partial charge < -0.3 is 10.8 Å². The molecule has 1 unspecified atom stereocenters. The molecule has 0 aliphatic heterocycles. The van der Waals surface area contributed by atoms with Crippen LogP contribution in [0.4, 0.5) is 8.78 Å². The maximum Gasteiger partial charge on any atom is 0.303 e. The molecule has 1 aromatic carbocycles. The van der Waals surface area contributed by atoms with Gasteiger partial charge in [-0.3, -0.25) is 4.79 Å². The SMILES string of the molecule is CSc1c(F)ccc(C(N)CCC(=O)O)c1F. The predicted octanol–water partition coefficient (Wildman–Crippen LogP) is 2.55. The third-order valence-electron chi connectivity index (χ3n) is 2.35. The Balaban J connectivity index is 2.94. The van der Waals surface area contributed by atoms with Crippen LogP contribution in [0.5, 0.6) is 0 Å². The van der Waals surface area contributed by atoms with Gasteiger partial charge in [-0.25, -0.2) is 8.78 Å². The van der Waals surface area contributed by atoms with E-state index in [9.17, 15) is 13.6 Å². The molecule has 3 nitrogen and oxygen atoms in total. The minimum absolute atomic E-state index is 0.0896. The van der Waals surface area contributed by atoms with Gasteiger partial charge in [0.25, 0.3) is 0 Å². The average Bonchev–Trinajstić information content (AvgIpc) is 2.26. The molecule has 0 radical (unpaired) electrons. The molecule has 0 bridgehead atoms. The number of carboxylic acid groups (broad SMARTS) is 1. The molecule has 1 aromatic rings. The maximum absolute atomic E-state index is 13.8. The van der Waals surface area contributed by atoms with Crippen LogP contribution < -0.4 is 5.73 Å². The summed E-state index contributed by atoms with van der Waals surface area (Å²) < 4.78 is 27.0. The van der Waals surface area contributed by atoms with Crippen LogP contribution in [0.2, 0.25) is 0 Å². The molecule has 0 saturated heterocycles. The summed E-state index contributed by atoms with van der Waals surface area (Å²) in [6.45, 7) is 0. The molecule has 3 N–H and O–H groups in total. The van der Waals surface area contributed by atoms with Gasteiger partial charge in [-0.2, -0.15) is 0 Å². The average molecular weight is 261 g/mol. The van der Waals surface area contributed by atoms with E-state index in [2.05, 4.69) is 0 Å². The number of thioether (sulfide) groups is 1. The first kappa shape index (κ1) is 13.9. The van der Waals surface area contributed by atoms with Crippen molar-refractivity contribution < 1.29 is 18.7 Å². The highest BCUT2D eigenvalue weighted by molar-refractivity contribution is 7.98. The zero-order valence-corrected chi connectivity index (χ0v) is 10.1. The molecule has 0 amide bonds. The Morgan fingerprint density at radius 3 is 2.71 bits per heavy atom. The number of hydrogen-bond acceptors (Lipinski definition) is 3. The summed E-state index contributed by atoms with van der Waals surface area (Å²) in [5, 5.41) is 8.51. The normalized spacial score (nSPS) is 12.5.